The fourth-order valence-corrected chi connectivity index (χ4v) is 1.67. The number of ether oxygens (including phenoxy) is 1. The van der Waals surface area contributed by atoms with E-state index in [1.807, 2.05) is 0 Å². The molecule has 0 aliphatic carbocycles. The third kappa shape index (κ3) is 2.66. The van der Waals surface area contributed by atoms with Crippen molar-refractivity contribution in [1.82, 2.24) is 4.98 Å². The highest BCUT2D eigenvalue weighted by Crippen LogP contribution is 2.41. The zero-order valence-electron chi connectivity index (χ0n) is 9.01. The number of hydrogen-bond acceptors (Lipinski definition) is 5. The molecule has 1 aromatic rings. The smallest absolute Gasteiger partial charge is 0.434 e. The molecule has 0 aliphatic heterocycles. The number of pyridine rings is 1. The van der Waals surface area contributed by atoms with Gasteiger partial charge in [-0.3, -0.25) is 0 Å². The van der Waals surface area contributed by atoms with Gasteiger partial charge < -0.3 is 15.6 Å². The number of aromatic hydroxyl groups is 1. The molecule has 3 N–H and O–H groups in total. The Bertz CT molecular complexity index is 491. The van der Waals surface area contributed by atoms with Crippen LogP contribution in [0.2, 0.25) is 0 Å². The predicted octanol–water partition coefficient (Wildman–Crippen LogP) is 2.33. The van der Waals surface area contributed by atoms with Gasteiger partial charge in [0, 0.05) is 0 Å². The molecule has 5 nitrogen and oxygen atoms in total. The van der Waals surface area contributed by atoms with Crippen molar-refractivity contribution in [1.29, 1.82) is 0 Å². The van der Waals surface area contributed by atoms with Gasteiger partial charge in [-0.2, -0.15) is 13.2 Å². The number of nitrogens with zero attached hydrogens (tertiary/aromatic N) is 1. The minimum absolute atomic E-state index is 0.0175. The van der Waals surface area contributed by atoms with Crippen molar-refractivity contribution in [2.45, 2.75) is 13.1 Å². The fraction of sp³-hybridized carbons (Fsp3) is 0.333. The van der Waals surface area contributed by atoms with E-state index in [1.54, 1.807) is 0 Å². The van der Waals surface area contributed by atoms with Crippen LogP contribution in [-0.2, 0) is 10.9 Å². The van der Waals surface area contributed by atoms with Crippen molar-refractivity contribution in [2.75, 3.05) is 12.3 Å². The van der Waals surface area contributed by atoms with Crippen LogP contribution in [0.1, 0.15) is 23.0 Å². The zero-order chi connectivity index (χ0) is 14.1. The van der Waals surface area contributed by atoms with Crippen LogP contribution in [0.4, 0.5) is 19.0 Å². The Kier molecular flexibility index (Phi) is 4.05. The van der Waals surface area contributed by atoms with Gasteiger partial charge in [0.2, 0.25) is 0 Å². The van der Waals surface area contributed by atoms with Crippen LogP contribution in [0.5, 0.6) is 5.75 Å². The van der Waals surface area contributed by atoms with E-state index in [-0.39, 0.29) is 6.61 Å². The summed E-state index contributed by atoms with van der Waals surface area (Å²) in [6.07, 6.45) is -4.81. The van der Waals surface area contributed by atoms with Gasteiger partial charge in [-0.25, -0.2) is 9.78 Å². The van der Waals surface area contributed by atoms with Gasteiger partial charge in [-0.15, -0.1) is 0 Å². The number of hydrogen-bond donors (Lipinski definition) is 2. The molecule has 0 aromatic carbocycles. The Hall–Kier alpha value is -1.51. The third-order valence-electron chi connectivity index (χ3n) is 1.89. The van der Waals surface area contributed by atoms with E-state index in [0.29, 0.717) is 0 Å². The number of nitrogen functional groups attached to an aromatic ring is 1. The average molecular weight is 329 g/mol. The number of anilines is 1. The Labute approximate surface area is 108 Å². The lowest BCUT2D eigenvalue weighted by Crippen LogP contribution is -2.16. The third-order valence-corrected chi connectivity index (χ3v) is 2.64. The second-order valence-corrected chi connectivity index (χ2v) is 3.89. The first-order chi connectivity index (χ1) is 8.20. The van der Waals surface area contributed by atoms with Crippen LogP contribution in [0.3, 0.4) is 0 Å². The summed E-state index contributed by atoms with van der Waals surface area (Å²) in [7, 11) is 0. The van der Waals surface area contributed by atoms with Crippen LogP contribution in [0.25, 0.3) is 0 Å². The van der Waals surface area contributed by atoms with Gasteiger partial charge in [0.25, 0.3) is 0 Å². The molecule has 0 aliphatic rings. The van der Waals surface area contributed by atoms with Crippen molar-refractivity contribution >= 4 is 27.7 Å². The molecule has 1 aromatic heterocycles. The molecule has 0 saturated carbocycles. The van der Waals surface area contributed by atoms with Crippen LogP contribution < -0.4 is 5.73 Å². The maximum absolute atomic E-state index is 12.5. The summed E-state index contributed by atoms with van der Waals surface area (Å²) in [4.78, 5) is 14.4. The number of carbonyl (C=O) groups excluding carboxylic acids is 1. The van der Waals surface area contributed by atoms with Crippen LogP contribution in [0.15, 0.2) is 4.47 Å². The molecular weight excluding hydrogens is 321 g/mol. The summed E-state index contributed by atoms with van der Waals surface area (Å²) >= 11 is 2.52. The molecule has 18 heavy (non-hydrogen) atoms. The van der Waals surface area contributed by atoms with Crippen molar-refractivity contribution < 1.29 is 27.8 Å². The monoisotopic (exact) mass is 328 g/mol. The SMILES string of the molecule is CCOC(=O)c1c(N)nc(C(F)(F)F)c(Br)c1O. The number of halogens is 4. The molecule has 0 saturated heterocycles. The molecule has 1 heterocycles. The number of rotatable bonds is 2. The van der Waals surface area contributed by atoms with Crippen molar-refractivity contribution in [3.63, 3.8) is 0 Å². The molecule has 1 rings (SSSR count). The Morgan fingerprint density at radius 3 is 2.56 bits per heavy atom. The second-order valence-electron chi connectivity index (χ2n) is 3.10. The van der Waals surface area contributed by atoms with Crippen molar-refractivity contribution in [3.05, 3.63) is 15.7 Å². The fourth-order valence-electron chi connectivity index (χ4n) is 1.16. The Morgan fingerprint density at radius 1 is 1.56 bits per heavy atom. The summed E-state index contributed by atoms with van der Waals surface area (Å²) in [6, 6.07) is 0. The van der Waals surface area contributed by atoms with E-state index in [2.05, 4.69) is 25.7 Å². The lowest BCUT2D eigenvalue weighted by atomic mass is 10.2. The normalized spacial score (nSPS) is 11.4. The lowest BCUT2D eigenvalue weighted by Gasteiger charge is -2.13. The maximum Gasteiger partial charge on any atom is 0.434 e. The highest BCUT2D eigenvalue weighted by molar-refractivity contribution is 9.10. The Morgan fingerprint density at radius 2 is 2.11 bits per heavy atom. The van der Waals surface area contributed by atoms with Crippen molar-refractivity contribution in [3.8, 4) is 5.75 Å². The molecule has 0 bridgehead atoms. The van der Waals surface area contributed by atoms with Crippen molar-refractivity contribution in [2.24, 2.45) is 0 Å². The molecular formula is C9H8BrF3N2O3. The quantitative estimate of drug-likeness (QED) is 0.814. The minimum atomic E-state index is -4.81. The number of esters is 1. The van der Waals surface area contributed by atoms with E-state index < -0.39 is 39.4 Å². The summed E-state index contributed by atoms with van der Waals surface area (Å²) < 4.78 is 41.3. The van der Waals surface area contributed by atoms with Gasteiger partial charge in [-0.1, -0.05) is 0 Å². The number of nitrogens with two attached hydrogens (primary N) is 1. The molecule has 100 valence electrons. The van der Waals surface area contributed by atoms with Crippen LogP contribution in [0, 0.1) is 0 Å². The summed E-state index contributed by atoms with van der Waals surface area (Å²) in [5.41, 5.74) is 3.21. The first-order valence-corrected chi connectivity index (χ1v) is 5.41. The number of carbonyl (C=O) groups is 1. The average Bonchev–Trinajstić information content (AvgIpc) is 2.22. The summed E-state index contributed by atoms with van der Waals surface area (Å²) in [5, 5.41) is 9.55. The minimum Gasteiger partial charge on any atom is -0.506 e. The molecule has 0 radical (unpaired) electrons. The van der Waals surface area contributed by atoms with E-state index in [9.17, 15) is 23.1 Å². The molecule has 0 spiro atoms. The number of aromatic nitrogens is 1. The largest absolute Gasteiger partial charge is 0.506 e. The highest BCUT2D eigenvalue weighted by atomic mass is 79.9. The van der Waals surface area contributed by atoms with E-state index in [1.165, 1.54) is 6.92 Å². The molecule has 0 unspecified atom stereocenters. The second kappa shape index (κ2) is 5.01. The predicted molar refractivity (Wildman–Crippen MR) is 59.0 cm³/mol. The van der Waals surface area contributed by atoms with Crippen LogP contribution >= 0.6 is 15.9 Å². The van der Waals surface area contributed by atoms with E-state index in [4.69, 9.17) is 5.73 Å². The first kappa shape index (κ1) is 14.6. The standard InChI is InChI=1S/C9H8BrF3N2O3/c1-2-18-8(17)3-5(16)4(10)6(9(11,12)13)15-7(3)14/h2H2,1H3,(H3,14,15,16). The molecule has 0 fully saturated rings. The molecule has 9 heteroatoms. The highest BCUT2D eigenvalue weighted by Gasteiger charge is 2.38. The van der Waals surface area contributed by atoms with Gasteiger partial charge in [0.15, 0.2) is 5.69 Å². The topological polar surface area (TPSA) is 85.4 Å². The zero-order valence-corrected chi connectivity index (χ0v) is 10.6. The summed E-state index contributed by atoms with van der Waals surface area (Å²) in [5.74, 6) is -2.75. The van der Waals surface area contributed by atoms with Gasteiger partial charge in [-0.05, 0) is 22.9 Å². The first-order valence-electron chi connectivity index (χ1n) is 4.62. The lowest BCUT2D eigenvalue weighted by molar-refractivity contribution is -0.141. The van der Waals surface area contributed by atoms with Gasteiger partial charge in [0.05, 0.1) is 11.1 Å². The van der Waals surface area contributed by atoms with E-state index >= 15 is 0 Å². The van der Waals surface area contributed by atoms with Gasteiger partial charge >= 0.3 is 12.1 Å². The number of alkyl halides is 3. The molecule has 0 atom stereocenters. The van der Waals surface area contributed by atoms with E-state index in [0.717, 1.165) is 0 Å². The van der Waals surface area contributed by atoms with Crippen LogP contribution in [-0.4, -0.2) is 22.7 Å². The maximum atomic E-state index is 12.5. The molecule has 0 amide bonds. The Balaban J connectivity index is 3.43. The van der Waals surface area contributed by atoms with Gasteiger partial charge in [0.1, 0.15) is 17.1 Å². The summed E-state index contributed by atoms with van der Waals surface area (Å²) in [6.45, 7) is 1.48.